The van der Waals surface area contributed by atoms with E-state index in [-0.39, 0.29) is 5.82 Å². The van der Waals surface area contributed by atoms with E-state index in [0.717, 1.165) is 0 Å². The molecular weight excluding hydrogens is 150 g/mol. The molecule has 0 aliphatic rings. The molecule has 0 bridgehead atoms. The molecule has 0 spiro atoms. The normalized spacial score (nSPS) is 8.40. The first-order valence-electron chi connectivity index (χ1n) is 2.53. The predicted octanol–water partition coefficient (Wildman–Crippen LogP) is 0.663. The smallest absolute Gasteiger partial charge is 0.193 e. The van der Waals surface area contributed by atoms with Gasteiger partial charge in [-0.3, -0.25) is 0 Å². The Bertz CT molecular complexity index is 326. The highest BCUT2D eigenvalue weighted by atomic mass is 32.1. The van der Waals surface area contributed by atoms with Crippen LogP contribution in [0.15, 0.2) is 23.3 Å². The van der Waals surface area contributed by atoms with Gasteiger partial charge < -0.3 is 0 Å². The maximum Gasteiger partial charge on any atom is 0.399 e. The van der Waals surface area contributed by atoms with Gasteiger partial charge in [0.15, 0.2) is 0 Å². The fraction of sp³-hybridized carbons (Fsp3) is 0. The second-order valence-electron chi connectivity index (χ2n) is 1.51. The molecule has 1 heterocycles. The number of thiocarbonyl (C=S) groups is 1. The number of isothiocyanates is 1. The number of aromatic amines is 1. The van der Waals surface area contributed by atoms with Crippen LogP contribution in [0.1, 0.15) is 0 Å². The highest BCUT2D eigenvalue weighted by Gasteiger charge is 2.01. The van der Waals surface area contributed by atoms with Gasteiger partial charge in [0, 0.05) is 29.5 Å². The van der Waals surface area contributed by atoms with E-state index in [1.807, 2.05) is 0 Å². The molecule has 1 rings (SSSR count). The Hall–Kier alpha value is -1.32. The molecule has 0 fully saturated rings. The van der Waals surface area contributed by atoms with Crippen molar-refractivity contribution in [3.63, 3.8) is 0 Å². The summed E-state index contributed by atoms with van der Waals surface area (Å²) in [6.07, 6.45) is 1.50. The van der Waals surface area contributed by atoms with Gasteiger partial charge in [0.1, 0.15) is 0 Å². The summed E-state index contributed by atoms with van der Waals surface area (Å²) in [5.74, 6) is 0.206. The highest BCUT2D eigenvalue weighted by Crippen LogP contribution is 1.96. The minimum absolute atomic E-state index is 0.206. The molecule has 0 amide bonds. The van der Waals surface area contributed by atoms with Crippen LogP contribution in [0.4, 0.5) is 5.82 Å². The number of nitrogens with one attached hydrogen (secondary N) is 1. The number of nitrogens with zero attached hydrogens (tertiary/aromatic N) is 2. The van der Waals surface area contributed by atoms with E-state index >= 15 is 0 Å². The standard InChI is InChI=1S/C5H4N3OS/c9-8-5(6-4-10)2-1-3-7-8/h1-3H,(H,7,9)/q+1. The lowest BCUT2D eigenvalue weighted by Crippen LogP contribution is -2.17. The summed E-state index contributed by atoms with van der Waals surface area (Å²) in [5.41, 5.74) is 0. The third kappa shape index (κ3) is 1.34. The second kappa shape index (κ2) is 3.00. The summed E-state index contributed by atoms with van der Waals surface area (Å²) in [6.45, 7) is 0. The van der Waals surface area contributed by atoms with Gasteiger partial charge in [0.25, 0.3) is 0 Å². The van der Waals surface area contributed by atoms with Crippen LogP contribution in [0.3, 0.4) is 0 Å². The first-order chi connectivity index (χ1) is 4.84. The SMILES string of the molecule is O=[n+]1[nH]cccc1N=C=S. The van der Waals surface area contributed by atoms with Crippen molar-refractivity contribution >= 4 is 23.2 Å². The van der Waals surface area contributed by atoms with Crippen LogP contribution < -0.4 is 4.54 Å². The lowest BCUT2D eigenvalue weighted by molar-refractivity contribution is -0.550. The molecule has 4 nitrogen and oxygen atoms in total. The zero-order valence-electron chi connectivity index (χ0n) is 4.94. The molecule has 0 radical (unpaired) electrons. The number of aromatic nitrogens is 2. The summed E-state index contributed by atoms with van der Waals surface area (Å²) >= 11 is 4.31. The van der Waals surface area contributed by atoms with Crippen molar-refractivity contribution < 1.29 is 4.54 Å². The van der Waals surface area contributed by atoms with Crippen LogP contribution in [0.2, 0.25) is 0 Å². The van der Waals surface area contributed by atoms with Gasteiger partial charge in [-0.2, -0.15) is 5.10 Å². The third-order valence-electron chi connectivity index (χ3n) is 0.902. The van der Waals surface area contributed by atoms with Crippen LogP contribution in [0.5, 0.6) is 0 Å². The molecule has 0 aromatic carbocycles. The number of hydrogen-bond donors (Lipinski definition) is 1. The van der Waals surface area contributed by atoms with Crippen LogP contribution in [-0.2, 0) is 0 Å². The Labute approximate surface area is 61.8 Å². The Morgan fingerprint density at radius 3 is 3.20 bits per heavy atom. The largest absolute Gasteiger partial charge is 0.399 e. The van der Waals surface area contributed by atoms with E-state index in [1.165, 1.54) is 12.3 Å². The van der Waals surface area contributed by atoms with Crippen LogP contribution in [0.25, 0.3) is 0 Å². The monoisotopic (exact) mass is 154 g/mol. The average Bonchev–Trinajstić information content (AvgIpc) is 1.94. The van der Waals surface area contributed by atoms with E-state index in [4.69, 9.17) is 0 Å². The number of hydrogen-bond acceptors (Lipinski definition) is 3. The van der Waals surface area contributed by atoms with Gasteiger partial charge in [-0.05, 0) is 11.0 Å². The molecular formula is C5H4N3OS+. The maximum atomic E-state index is 10.7. The number of aliphatic imine (C=N–C) groups is 1. The quantitative estimate of drug-likeness (QED) is 0.367. The Morgan fingerprint density at radius 2 is 2.60 bits per heavy atom. The summed E-state index contributed by atoms with van der Waals surface area (Å²) < 4.78 is 0.499. The van der Waals surface area contributed by atoms with Crippen molar-refractivity contribution in [2.75, 3.05) is 0 Å². The van der Waals surface area contributed by atoms with Crippen molar-refractivity contribution in [3.05, 3.63) is 23.2 Å². The summed E-state index contributed by atoms with van der Waals surface area (Å²) in [6, 6.07) is 3.18. The summed E-state index contributed by atoms with van der Waals surface area (Å²) in [5, 5.41) is 4.46. The Morgan fingerprint density at radius 1 is 1.80 bits per heavy atom. The first kappa shape index (κ1) is 6.80. The summed E-state index contributed by atoms with van der Waals surface area (Å²) in [4.78, 5) is 14.2. The molecule has 0 aliphatic heterocycles. The lowest BCUT2D eigenvalue weighted by Gasteiger charge is -1.75. The van der Waals surface area contributed by atoms with E-state index in [0.29, 0.717) is 4.54 Å². The molecule has 1 N–H and O–H groups in total. The van der Waals surface area contributed by atoms with Crippen LogP contribution in [0, 0.1) is 4.91 Å². The van der Waals surface area contributed by atoms with E-state index in [1.54, 1.807) is 6.07 Å². The summed E-state index contributed by atoms with van der Waals surface area (Å²) in [7, 11) is 0. The molecule has 0 unspecified atom stereocenters. The molecule has 0 saturated heterocycles. The fourth-order valence-corrected chi connectivity index (χ4v) is 0.602. The van der Waals surface area contributed by atoms with E-state index < -0.39 is 0 Å². The molecule has 50 valence electrons. The molecule has 1 aromatic heterocycles. The van der Waals surface area contributed by atoms with Crippen molar-refractivity contribution in [3.8, 4) is 0 Å². The molecule has 1 aromatic rings. The second-order valence-corrected chi connectivity index (χ2v) is 1.69. The van der Waals surface area contributed by atoms with E-state index in [9.17, 15) is 4.91 Å². The molecule has 0 saturated carbocycles. The van der Waals surface area contributed by atoms with Crippen molar-refractivity contribution in [2.24, 2.45) is 4.99 Å². The minimum Gasteiger partial charge on any atom is -0.193 e. The minimum atomic E-state index is 0.206. The van der Waals surface area contributed by atoms with Crippen molar-refractivity contribution in [2.45, 2.75) is 0 Å². The fourth-order valence-electron chi connectivity index (χ4n) is 0.508. The average molecular weight is 154 g/mol. The lowest BCUT2D eigenvalue weighted by atomic mass is 10.5. The zero-order valence-corrected chi connectivity index (χ0v) is 5.76. The van der Waals surface area contributed by atoms with E-state index in [2.05, 4.69) is 27.5 Å². The molecule has 0 atom stereocenters. The van der Waals surface area contributed by atoms with Crippen LogP contribution >= 0.6 is 12.2 Å². The number of rotatable bonds is 1. The Kier molecular flexibility index (Phi) is 2.04. The maximum absolute atomic E-state index is 10.7. The zero-order chi connectivity index (χ0) is 7.40. The van der Waals surface area contributed by atoms with Gasteiger partial charge in [0.2, 0.25) is 5.16 Å². The predicted molar refractivity (Wildman–Crippen MR) is 38.8 cm³/mol. The molecule has 10 heavy (non-hydrogen) atoms. The van der Waals surface area contributed by atoms with Gasteiger partial charge >= 0.3 is 5.82 Å². The first-order valence-corrected chi connectivity index (χ1v) is 2.93. The van der Waals surface area contributed by atoms with Crippen molar-refractivity contribution in [1.29, 1.82) is 0 Å². The van der Waals surface area contributed by atoms with Gasteiger partial charge in [0.05, 0.1) is 4.54 Å². The highest BCUT2D eigenvalue weighted by molar-refractivity contribution is 7.78. The van der Waals surface area contributed by atoms with Crippen molar-refractivity contribution in [1.82, 2.24) is 5.10 Å². The van der Waals surface area contributed by atoms with Gasteiger partial charge in [-0.25, -0.2) is 0 Å². The Balaban J connectivity index is 3.28. The third-order valence-corrected chi connectivity index (χ3v) is 0.993. The molecule has 5 heteroatoms. The number of H-pyrrole nitrogens is 1. The van der Waals surface area contributed by atoms with Crippen LogP contribution in [-0.4, -0.2) is 10.3 Å². The van der Waals surface area contributed by atoms with Gasteiger partial charge in [-0.1, -0.05) is 0 Å². The van der Waals surface area contributed by atoms with Gasteiger partial charge in [-0.15, -0.1) is 0 Å². The molecule has 0 aliphatic carbocycles. The topological polar surface area (TPSA) is 51.1 Å².